The van der Waals surface area contributed by atoms with Crippen LogP contribution < -0.4 is 10.2 Å². The maximum atomic E-state index is 13.7. The lowest BCUT2D eigenvalue weighted by molar-refractivity contribution is 0.0696. The summed E-state index contributed by atoms with van der Waals surface area (Å²) in [6.07, 6.45) is 3.38. The number of anilines is 3. The van der Waals surface area contributed by atoms with Crippen LogP contribution in [0.3, 0.4) is 0 Å². The third kappa shape index (κ3) is 3.08. The summed E-state index contributed by atoms with van der Waals surface area (Å²) in [7, 11) is 0. The van der Waals surface area contributed by atoms with Gasteiger partial charge in [0.1, 0.15) is 5.52 Å². The maximum absolute atomic E-state index is 13.7. The van der Waals surface area contributed by atoms with Crippen molar-refractivity contribution in [2.24, 2.45) is 0 Å². The number of nitrogens with one attached hydrogen (secondary N) is 1. The Kier molecular flexibility index (Phi) is 4.65. The molecule has 170 valence electrons. The van der Waals surface area contributed by atoms with Crippen LogP contribution in [0.1, 0.15) is 52.5 Å². The van der Waals surface area contributed by atoms with Crippen LogP contribution in [0.25, 0.3) is 22.2 Å². The van der Waals surface area contributed by atoms with E-state index in [1.54, 1.807) is 30.3 Å². The number of rotatable bonds is 4. The topological polar surface area (TPSA) is 95.7 Å². The Balaban J connectivity index is 1.57. The summed E-state index contributed by atoms with van der Waals surface area (Å²) in [5, 5.41) is 17.8. The Morgan fingerprint density at radius 1 is 1.12 bits per heavy atom. The molecule has 1 aliphatic carbocycles. The van der Waals surface area contributed by atoms with Gasteiger partial charge in [0.05, 0.1) is 27.9 Å². The fraction of sp³-hybridized carbons (Fsp3) is 0.222. The minimum atomic E-state index is -0.981. The molecule has 7 heteroatoms. The highest BCUT2D eigenvalue weighted by Crippen LogP contribution is 2.47. The molecule has 0 unspecified atom stereocenters. The molecule has 0 amide bonds. The van der Waals surface area contributed by atoms with Gasteiger partial charge in [-0.05, 0) is 56.5 Å². The monoisotopic (exact) mass is 453 g/mol. The van der Waals surface area contributed by atoms with Crippen LogP contribution >= 0.6 is 0 Å². The molecule has 1 fully saturated rings. The first-order chi connectivity index (χ1) is 16.5. The zero-order valence-corrected chi connectivity index (χ0v) is 18.7. The van der Waals surface area contributed by atoms with Crippen molar-refractivity contribution in [1.29, 1.82) is 0 Å². The lowest BCUT2D eigenvalue weighted by atomic mass is 9.86. The van der Waals surface area contributed by atoms with Crippen molar-refractivity contribution in [3.63, 3.8) is 0 Å². The van der Waals surface area contributed by atoms with E-state index in [-0.39, 0.29) is 11.3 Å². The SMILES string of the molecule is C[C@@H]1CCCCN1c1cc(Nc2ccc(C(=O)O)cc2)c2c3c(onc13)-c1ccccc1C2=O. The largest absolute Gasteiger partial charge is 0.478 e. The van der Waals surface area contributed by atoms with E-state index < -0.39 is 5.97 Å². The van der Waals surface area contributed by atoms with Gasteiger partial charge >= 0.3 is 5.97 Å². The van der Waals surface area contributed by atoms with Crippen LogP contribution in [0, 0.1) is 0 Å². The zero-order valence-electron chi connectivity index (χ0n) is 18.7. The number of carboxylic acid groups (broad SMARTS) is 1. The van der Waals surface area contributed by atoms with Crippen LogP contribution in [0.2, 0.25) is 0 Å². The number of carbonyl (C=O) groups excluding carboxylic acids is 1. The Morgan fingerprint density at radius 2 is 1.88 bits per heavy atom. The molecular formula is C27H23N3O4. The van der Waals surface area contributed by atoms with Crippen LogP contribution in [0.4, 0.5) is 17.1 Å². The van der Waals surface area contributed by atoms with Crippen LogP contribution in [-0.2, 0) is 0 Å². The van der Waals surface area contributed by atoms with E-state index in [0.717, 1.165) is 36.0 Å². The van der Waals surface area contributed by atoms with Gasteiger partial charge in [-0.25, -0.2) is 4.79 Å². The van der Waals surface area contributed by atoms with E-state index >= 15 is 0 Å². The molecule has 1 aromatic heterocycles. The first-order valence-corrected chi connectivity index (χ1v) is 11.5. The van der Waals surface area contributed by atoms with Crippen molar-refractivity contribution in [3.05, 3.63) is 71.3 Å². The summed E-state index contributed by atoms with van der Waals surface area (Å²) in [5.41, 5.74) is 5.07. The molecule has 2 aliphatic rings. The number of carboxylic acids is 1. The second-order valence-corrected chi connectivity index (χ2v) is 8.97. The maximum Gasteiger partial charge on any atom is 0.335 e. The molecule has 2 N–H and O–H groups in total. The third-order valence-electron chi connectivity index (χ3n) is 6.90. The van der Waals surface area contributed by atoms with Gasteiger partial charge in [0.25, 0.3) is 0 Å². The summed E-state index contributed by atoms with van der Waals surface area (Å²) in [6.45, 7) is 3.12. The molecule has 0 radical (unpaired) electrons. The lowest BCUT2D eigenvalue weighted by Gasteiger charge is -2.36. The molecule has 1 atom stereocenters. The van der Waals surface area contributed by atoms with Gasteiger partial charge in [0.2, 0.25) is 0 Å². The molecular weight excluding hydrogens is 430 g/mol. The van der Waals surface area contributed by atoms with E-state index in [9.17, 15) is 14.7 Å². The van der Waals surface area contributed by atoms with Gasteiger partial charge < -0.3 is 19.8 Å². The van der Waals surface area contributed by atoms with Gasteiger partial charge in [-0.2, -0.15) is 0 Å². The lowest BCUT2D eigenvalue weighted by Crippen LogP contribution is -2.37. The van der Waals surface area contributed by atoms with Crippen molar-refractivity contribution >= 4 is 39.7 Å². The van der Waals surface area contributed by atoms with Gasteiger partial charge in [0.15, 0.2) is 11.5 Å². The average Bonchev–Trinajstić information content (AvgIpc) is 3.29. The first kappa shape index (κ1) is 20.5. The Bertz CT molecular complexity index is 1460. The predicted octanol–water partition coefficient (Wildman–Crippen LogP) is 5.86. The number of nitrogens with zero attached hydrogens (tertiary/aromatic N) is 2. The standard InChI is InChI=1S/C27H23N3O4/c1-15-6-4-5-13-30(15)21-14-20(28-17-11-9-16(10-12-17)27(32)33)22-23-24(21)29-34-26(23)19-8-3-2-7-18(19)25(22)31/h2-3,7-12,14-15,28H,4-6,13H2,1H3,(H,32,33)/t15-/m1/s1. The highest BCUT2D eigenvalue weighted by atomic mass is 16.5. The zero-order chi connectivity index (χ0) is 23.4. The predicted molar refractivity (Wildman–Crippen MR) is 130 cm³/mol. The summed E-state index contributed by atoms with van der Waals surface area (Å²) in [6, 6.07) is 16.3. The number of ketones is 1. The summed E-state index contributed by atoms with van der Waals surface area (Å²) < 4.78 is 5.86. The van der Waals surface area contributed by atoms with E-state index in [4.69, 9.17) is 4.52 Å². The van der Waals surface area contributed by atoms with Gasteiger partial charge in [-0.1, -0.05) is 29.4 Å². The molecule has 0 spiro atoms. The number of piperidine rings is 1. The van der Waals surface area contributed by atoms with E-state index in [1.807, 2.05) is 24.3 Å². The molecule has 0 bridgehead atoms. The first-order valence-electron chi connectivity index (χ1n) is 11.5. The van der Waals surface area contributed by atoms with Gasteiger partial charge in [-0.15, -0.1) is 0 Å². The molecule has 1 aliphatic heterocycles. The second kappa shape index (κ2) is 7.73. The van der Waals surface area contributed by atoms with E-state index in [2.05, 4.69) is 22.3 Å². The minimum Gasteiger partial charge on any atom is -0.478 e. The number of fused-ring (bicyclic) bond motifs is 2. The molecule has 1 saturated heterocycles. The van der Waals surface area contributed by atoms with Gasteiger partial charge in [0, 0.05) is 29.4 Å². The van der Waals surface area contributed by atoms with Crippen LogP contribution in [-0.4, -0.2) is 34.6 Å². The van der Waals surface area contributed by atoms with Crippen molar-refractivity contribution in [1.82, 2.24) is 5.16 Å². The summed E-state index contributed by atoms with van der Waals surface area (Å²) in [5.74, 6) is -0.458. The molecule has 2 heterocycles. The molecule has 6 rings (SSSR count). The molecule has 4 aromatic rings. The number of benzene rings is 3. The van der Waals surface area contributed by atoms with Crippen LogP contribution in [0.15, 0.2) is 59.1 Å². The Hall–Kier alpha value is -4.13. The second-order valence-electron chi connectivity index (χ2n) is 8.97. The van der Waals surface area contributed by atoms with Crippen molar-refractivity contribution in [2.75, 3.05) is 16.8 Å². The van der Waals surface area contributed by atoms with Gasteiger partial charge in [-0.3, -0.25) is 4.79 Å². The molecule has 7 nitrogen and oxygen atoms in total. The highest BCUT2D eigenvalue weighted by Gasteiger charge is 2.34. The number of hydrogen-bond acceptors (Lipinski definition) is 6. The highest BCUT2D eigenvalue weighted by molar-refractivity contribution is 6.28. The number of aromatic nitrogens is 1. The average molecular weight is 453 g/mol. The van der Waals surface area contributed by atoms with E-state index in [0.29, 0.717) is 39.8 Å². The van der Waals surface area contributed by atoms with Crippen molar-refractivity contribution in [3.8, 4) is 11.3 Å². The molecule has 34 heavy (non-hydrogen) atoms. The fourth-order valence-corrected chi connectivity index (χ4v) is 5.17. The molecule has 3 aromatic carbocycles. The normalized spacial score (nSPS) is 17.0. The van der Waals surface area contributed by atoms with Crippen LogP contribution in [0.5, 0.6) is 0 Å². The Morgan fingerprint density at radius 3 is 2.62 bits per heavy atom. The third-order valence-corrected chi connectivity index (χ3v) is 6.90. The smallest absolute Gasteiger partial charge is 0.335 e. The number of carbonyl (C=O) groups is 2. The number of aromatic carboxylic acids is 1. The fourth-order valence-electron chi connectivity index (χ4n) is 5.17. The minimum absolute atomic E-state index is 0.0841. The van der Waals surface area contributed by atoms with E-state index in [1.165, 1.54) is 6.42 Å². The van der Waals surface area contributed by atoms with Crippen molar-refractivity contribution < 1.29 is 19.2 Å². The summed E-state index contributed by atoms with van der Waals surface area (Å²) >= 11 is 0. The summed E-state index contributed by atoms with van der Waals surface area (Å²) in [4.78, 5) is 27.3. The number of hydrogen-bond donors (Lipinski definition) is 2. The quantitative estimate of drug-likeness (QED) is 0.352. The Labute approximate surface area is 196 Å². The molecule has 0 saturated carbocycles. The van der Waals surface area contributed by atoms with Crippen molar-refractivity contribution in [2.45, 2.75) is 32.2 Å².